The summed E-state index contributed by atoms with van der Waals surface area (Å²) in [7, 11) is 0. The Hall–Kier alpha value is -0.770. The zero-order chi connectivity index (χ0) is 13.6. The van der Waals surface area contributed by atoms with E-state index in [4.69, 9.17) is 4.74 Å². The van der Waals surface area contributed by atoms with Crippen LogP contribution in [0.25, 0.3) is 0 Å². The molecule has 1 unspecified atom stereocenters. The first kappa shape index (κ1) is 15.3. The Morgan fingerprint density at radius 1 is 1.39 bits per heavy atom. The van der Waals surface area contributed by atoms with Gasteiger partial charge in [0, 0.05) is 12.6 Å². The molecule has 0 aromatic carbocycles. The lowest BCUT2D eigenvalue weighted by Gasteiger charge is -2.22. The second-order valence-corrected chi connectivity index (χ2v) is 6.13. The number of unbranched alkanes of at least 4 members (excludes halogenated alkanes) is 1. The average Bonchev–Trinajstić information content (AvgIpc) is 3.04. The third-order valence-corrected chi connectivity index (χ3v) is 2.99. The van der Waals surface area contributed by atoms with Gasteiger partial charge >= 0.3 is 6.09 Å². The van der Waals surface area contributed by atoms with Crippen LogP contribution in [0.5, 0.6) is 0 Å². The molecule has 1 amide bonds. The summed E-state index contributed by atoms with van der Waals surface area (Å²) >= 11 is 0. The van der Waals surface area contributed by atoms with E-state index in [-0.39, 0.29) is 6.09 Å². The normalized spacial score (nSPS) is 17.3. The van der Waals surface area contributed by atoms with Gasteiger partial charge in [0.25, 0.3) is 0 Å². The number of alkyl carbamates (subject to hydrolysis) is 1. The minimum absolute atomic E-state index is 0.314. The zero-order valence-corrected chi connectivity index (χ0v) is 12.2. The Balaban J connectivity index is 2.22. The summed E-state index contributed by atoms with van der Waals surface area (Å²) in [6.45, 7) is 9.53. The summed E-state index contributed by atoms with van der Waals surface area (Å²) in [5, 5.41) is 6.39. The topological polar surface area (TPSA) is 50.4 Å². The van der Waals surface area contributed by atoms with Crippen molar-refractivity contribution in [3.8, 4) is 0 Å². The lowest BCUT2D eigenvalue weighted by atomic mass is 10.1. The zero-order valence-electron chi connectivity index (χ0n) is 12.2. The lowest BCUT2D eigenvalue weighted by molar-refractivity contribution is 0.0521. The molecule has 4 heteroatoms. The summed E-state index contributed by atoms with van der Waals surface area (Å²) in [4.78, 5) is 11.6. The molecule has 1 rings (SSSR count). The molecule has 0 bridgehead atoms. The van der Waals surface area contributed by atoms with Crippen molar-refractivity contribution in [1.82, 2.24) is 10.6 Å². The second-order valence-electron chi connectivity index (χ2n) is 6.13. The molecule has 1 aliphatic rings. The average molecular weight is 256 g/mol. The summed E-state index contributed by atoms with van der Waals surface area (Å²) in [5.41, 5.74) is -0.422. The molecule has 0 aromatic heterocycles. The highest BCUT2D eigenvalue weighted by Gasteiger charge is 2.31. The van der Waals surface area contributed by atoms with Crippen LogP contribution in [-0.4, -0.2) is 30.8 Å². The van der Waals surface area contributed by atoms with Gasteiger partial charge in [-0.25, -0.2) is 4.79 Å². The van der Waals surface area contributed by atoms with Crippen molar-refractivity contribution in [2.24, 2.45) is 5.92 Å². The first-order valence-corrected chi connectivity index (χ1v) is 7.12. The molecule has 1 fully saturated rings. The van der Waals surface area contributed by atoms with E-state index in [0.29, 0.717) is 12.6 Å². The Morgan fingerprint density at radius 2 is 2.06 bits per heavy atom. The number of ether oxygens (including phenoxy) is 1. The minimum atomic E-state index is -0.422. The van der Waals surface area contributed by atoms with Crippen LogP contribution in [0.15, 0.2) is 0 Å². The van der Waals surface area contributed by atoms with Gasteiger partial charge in [-0.05, 0) is 52.5 Å². The van der Waals surface area contributed by atoms with Gasteiger partial charge in [0.2, 0.25) is 0 Å². The van der Waals surface area contributed by atoms with Crippen LogP contribution in [0.3, 0.4) is 0 Å². The van der Waals surface area contributed by atoms with Crippen molar-refractivity contribution < 1.29 is 9.53 Å². The Kier molecular flexibility index (Phi) is 5.93. The third kappa shape index (κ3) is 6.84. The Bertz CT molecular complexity index is 257. The van der Waals surface area contributed by atoms with E-state index in [1.807, 2.05) is 20.8 Å². The highest BCUT2D eigenvalue weighted by Crippen LogP contribution is 2.32. The van der Waals surface area contributed by atoms with Crippen LogP contribution < -0.4 is 10.6 Å². The molecule has 106 valence electrons. The maximum absolute atomic E-state index is 11.6. The van der Waals surface area contributed by atoms with Gasteiger partial charge < -0.3 is 15.4 Å². The number of amides is 1. The fourth-order valence-corrected chi connectivity index (χ4v) is 1.88. The number of nitrogens with one attached hydrogen (secondary N) is 2. The van der Waals surface area contributed by atoms with Crippen LogP contribution in [0.4, 0.5) is 4.79 Å². The van der Waals surface area contributed by atoms with E-state index in [9.17, 15) is 4.79 Å². The van der Waals surface area contributed by atoms with E-state index >= 15 is 0 Å². The van der Waals surface area contributed by atoms with Gasteiger partial charge in [0.15, 0.2) is 0 Å². The lowest BCUT2D eigenvalue weighted by Crippen LogP contribution is -2.44. The predicted molar refractivity (Wildman–Crippen MR) is 73.7 cm³/mol. The molecule has 1 aliphatic carbocycles. The monoisotopic (exact) mass is 256 g/mol. The molecule has 0 spiro atoms. The fourth-order valence-electron chi connectivity index (χ4n) is 1.88. The standard InChI is InChI=1S/C14H28N2O2/c1-5-6-9-15-12(11-7-8-11)10-16-13(17)18-14(2,3)4/h11-12,15H,5-10H2,1-4H3,(H,16,17). The van der Waals surface area contributed by atoms with Crippen molar-refractivity contribution in [3.05, 3.63) is 0 Å². The molecule has 0 aliphatic heterocycles. The van der Waals surface area contributed by atoms with Crippen LogP contribution in [0.2, 0.25) is 0 Å². The van der Waals surface area contributed by atoms with Crippen LogP contribution >= 0.6 is 0 Å². The molecule has 1 atom stereocenters. The molecule has 1 saturated carbocycles. The number of hydrogen-bond donors (Lipinski definition) is 2. The number of carbonyl (C=O) groups is 1. The van der Waals surface area contributed by atoms with Crippen molar-refractivity contribution in [2.45, 2.75) is 65.0 Å². The van der Waals surface area contributed by atoms with Crippen molar-refractivity contribution in [3.63, 3.8) is 0 Å². The van der Waals surface area contributed by atoms with E-state index in [2.05, 4.69) is 17.6 Å². The van der Waals surface area contributed by atoms with E-state index < -0.39 is 5.60 Å². The van der Waals surface area contributed by atoms with Crippen LogP contribution in [0.1, 0.15) is 53.4 Å². The summed E-state index contributed by atoms with van der Waals surface area (Å²) < 4.78 is 5.24. The van der Waals surface area contributed by atoms with Crippen LogP contribution in [-0.2, 0) is 4.74 Å². The first-order valence-electron chi connectivity index (χ1n) is 7.12. The SMILES string of the molecule is CCCCNC(CNC(=O)OC(C)(C)C)C1CC1. The smallest absolute Gasteiger partial charge is 0.407 e. The van der Waals surface area contributed by atoms with E-state index in [1.165, 1.54) is 25.7 Å². The Morgan fingerprint density at radius 3 is 2.56 bits per heavy atom. The molecule has 2 N–H and O–H groups in total. The molecule has 4 nitrogen and oxygen atoms in total. The van der Waals surface area contributed by atoms with E-state index in [0.717, 1.165) is 12.5 Å². The quantitative estimate of drug-likeness (QED) is 0.689. The maximum atomic E-state index is 11.6. The van der Waals surface area contributed by atoms with Crippen molar-refractivity contribution in [2.75, 3.05) is 13.1 Å². The largest absolute Gasteiger partial charge is 0.444 e. The highest BCUT2D eigenvalue weighted by atomic mass is 16.6. The summed E-state index contributed by atoms with van der Waals surface area (Å²) in [6.07, 6.45) is 4.63. The van der Waals surface area contributed by atoms with Gasteiger partial charge in [-0.1, -0.05) is 13.3 Å². The van der Waals surface area contributed by atoms with Gasteiger partial charge in [-0.2, -0.15) is 0 Å². The minimum Gasteiger partial charge on any atom is -0.444 e. The number of carbonyl (C=O) groups excluding carboxylic acids is 1. The van der Waals surface area contributed by atoms with Gasteiger partial charge in [-0.15, -0.1) is 0 Å². The van der Waals surface area contributed by atoms with Crippen molar-refractivity contribution >= 4 is 6.09 Å². The predicted octanol–water partition coefficient (Wildman–Crippen LogP) is 2.68. The molecule has 18 heavy (non-hydrogen) atoms. The summed E-state index contributed by atoms with van der Waals surface area (Å²) in [5.74, 6) is 0.733. The molecular weight excluding hydrogens is 228 g/mol. The first-order chi connectivity index (χ1) is 8.42. The molecule has 0 saturated heterocycles. The Labute approximate surface area is 111 Å². The second kappa shape index (κ2) is 6.98. The number of rotatable bonds is 7. The number of hydrogen-bond acceptors (Lipinski definition) is 3. The molecular formula is C14H28N2O2. The maximum Gasteiger partial charge on any atom is 0.407 e. The van der Waals surface area contributed by atoms with Gasteiger partial charge in [0.05, 0.1) is 0 Å². The summed E-state index contributed by atoms with van der Waals surface area (Å²) in [6, 6.07) is 0.407. The highest BCUT2D eigenvalue weighted by molar-refractivity contribution is 5.67. The van der Waals surface area contributed by atoms with Gasteiger partial charge in [0.1, 0.15) is 5.60 Å². The fraction of sp³-hybridized carbons (Fsp3) is 0.929. The molecule has 0 aromatic rings. The third-order valence-electron chi connectivity index (χ3n) is 2.99. The van der Waals surface area contributed by atoms with Crippen LogP contribution in [0, 0.1) is 5.92 Å². The molecule has 0 heterocycles. The van der Waals surface area contributed by atoms with Crippen molar-refractivity contribution in [1.29, 1.82) is 0 Å². The molecule has 0 radical (unpaired) electrons. The van der Waals surface area contributed by atoms with Gasteiger partial charge in [-0.3, -0.25) is 0 Å². The van der Waals surface area contributed by atoms with E-state index in [1.54, 1.807) is 0 Å².